The molecule has 0 radical (unpaired) electrons. The molecule has 2 aromatic rings. The van der Waals surface area contributed by atoms with Crippen molar-refractivity contribution in [2.75, 3.05) is 14.1 Å². The van der Waals surface area contributed by atoms with Crippen LogP contribution in [0.1, 0.15) is 24.9 Å². The van der Waals surface area contributed by atoms with E-state index in [1.165, 1.54) is 5.56 Å². The first kappa shape index (κ1) is 14.7. The Hall–Kier alpha value is -1.68. The van der Waals surface area contributed by atoms with Gasteiger partial charge in [-0.05, 0) is 18.9 Å². The third-order valence-electron chi connectivity index (χ3n) is 3.39. The third kappa shape index (κ3) is 2.90. The van der Waals surface area contributed by atoms with E-state index in [9.17, 15) is 0 Å². The van der Waals surface area contributed by atoms with Gasteiger partial charge in [0.25, 0.3) is 0 Å². The average Bonchev–Trinajstić information content (AvgIpc) is 2.82. The van der Waals surface area contributed by atoms with Crippen molar-refractivity contribution in [2.45, 2.75) is 26.3 Å². The zero-order valence-electron chi connectivity index (χ0n) is 12.5. The van der Waals surface area contributed by atoms with E-state index in [1.807, 2.05) is 41.9 Å². The molecular formula is C16H21N3S. The van der Waals surface area contributed by atoms with Crippen LogP contribution >= 0.6 is 12.2 Å². The first-order chi connectivity index (χ1) is 9.54. The normalized spacial score (nSPS) is 12.2. The van der Waals surface area contributed by atoms with Crippen LogP contribution in [0.25, 0.3) is 11.3 Å². The van der Waals surface area contributed by atoms with Gasteiger partial charge in [0.15, 0.2) is 0 Å². The zero-order valence-corrected chi connectivity index (χ0v) is 13.3. The maximum atomic E-state index is 5.51. The molecule has 0 amide bonds. The van der Waals surface area contributed by atoms with Gasteiger partial charge >= 0.3 is 0 Å². The van der Waals surface area contributed by atoms with Crippen molar-refractivity contribution in [3.63, 3.8) is 0 Å². The van der Waals surface area contributed by atoms with Crippen LogP contribution in [0.3, 0.4) is 0 Å². The SMILES string of the molecule is CCC(C(=S)N(C)C)n1cc(C)c(-c2ccccc2)n1. The molecule has 0 saturated heterocycles. The number of hydrogen-bond acceptors (Lipinski definition) is 2. The quantitative estimate of drug-likeness (QED) is 0.800. The molecule has 2 rings (SSSR count). The lowest BCUT2D eigenvalue weighted by atomic mass is 10.1. The number of aryl methyl sites for hydroxylation is 1. The predicted molar refractivity (Wildman–Crippen MR) is 88.0 cm³/mol. The largest absolute Gasteiger partial charge is 0.371 e. The lowest BCUT2D eigenvalue weighted by molar-refractivity contribution is 0.496. The Kier molecular flexibility index (Phi) is 4.55. The highest BCUT2D eigenvalue weighted by atomic mass is 32.1. The van der Waals surface area contributed by atoms with E-state index in [2.05, 4.69) is 32.2 Å². The Labute approximate surface area is 126 Å². The van der Waals surface area contributed by atoms with Crippen LogP contribution in [-0.2, 0) is 0 Å². The number of likely N-dealkylation sites (N-methyl/N-ethyl adjacent to an activating group) is 1. The van der Waals surface area contributed by atoms with Crippen molar-refractivity contribution in [1.29, 1.82) is 0 Å². The highest BCUT2D eigenvalue weighted by molar-refractivity contribution is 7.80. The summed E-state index contributed by atoms with van der Waals surface area (Å²) in [6.45, 7) is 4.23. The van der Waals surface area contributed by atoms with Crippen molar-refractivity contribution >= 4 is 17.2 Å². The van der Waals surface area contributed by atoms with Gasteiger partial charge in [0.1, 0.15) is 11.0 Å². The second kappa shape index (κ2) is 6.18. The first-order valence-electron chi connectivity index (χ1n) is 6.87. The molecular weight excluding hydrogens is 266 g/mol. The average molecular weight is 287 g/mol. The summed E-state index contributed by atoms with van der Waals surface area (Å²) < 4.78 is 2.00. The monoisotopic (exact) mass is 287 g/mol. The molecule has 4 heteroatoms. The summed E-state index contributed by atoms with van der Waals surface area (Å²) in [4.78, 5) is 2.90. The lowest BCUT2D eigenvalue weighted by Gasteiger charge is -2.22. The Balaban J connectivity index is 2.38. The van der Waals surface area contributed by atoms with Crippen LogP contribution in [0.4, 0.5) is 0 Å². The molecule has 106 valence electrons. The van der Waals surface area contributed by atoms with Crippen molar-refractivity contribution in [2.24, 2.45) is 0 Å². The molecule has 1 aromatic carbocycles. The molecule has 3 nitrogen and oxygen atoms in total. The third-order valence-corrected chi connectivity index (χ3v) is 4.03. The molecule has 1 aromatic heterocycles. The van der Waals surface area contributed by atoms with Gasteiger partial charge in [-0.3, -0.25) is 4.68 Å². The summed E-state index contributed by atoms with van der Waals surface area (Å²) in [5, 5.41) is 4.76. The molecule has 0 spiro atoms. The van der Waals surface area contributed by atoms with E-state index in [4.69, 9.17) is 17.3 Å². The van der Waals surface area contributed by atoms with E-state index >= 15 is 0 Å². The number of rotatable bonds is 4. The fraction of sp³-hybridized carbons (Fsp3) is 0.375. The second-order valence-corrected chi connectivity index (χ2v) is 5.58. The van der Waals surface area contributed by atoms with Gasteiger partial charge < -0.3 is 4.90 Å². The number of aromatic nitrogens is 2. The summed E-state index contributed by atoms with van der Waals surface area (Å²) in [6, 6.07) is 10.4. The van der Waals surface area contributed by atoms with E-state index in [0.717, 1.165) is 22.7 Å². The van der Waals surface area contributed by atoms with Crippen LogP contribution in [0, 0.1) is 6.92 Å². The standard InChI is InChI=1S/C16H21N3S/c1-5-14(16(20)18(3)4)19-11-12(2)15(17-19)13-9-7-6-8-10-13/h6-11,14H,5H2,1-4H3. The number of thiocarbonyl (C=S) groups is 1. The fourth-order valence-electron chi connectivity index (χ4n) is 2.30. The van der Waals surface area contributed by atoms with Crippen molar-refractivity contribution in [3.8, 4) is 11.3 Å². The summed E-state index contributed by atoms with van der Waals surface area (Å²) in [6.07, 6.45) is 3.03. The molecule has 1 atom stereocenters. The smallest absolute Gasteiger partial charge is 0.102 e. The summed E-state index contributed by atoms with van der Waals surface area (Å²) in [5.41, 5.74) is 3.36. The van der Waals surface area contributed by atoms with Gasteiger partial charge in [0.2, 0.25) is 0 Å². The van der Waals surface area contributed by atoms with Gasteiger partial charge in [0.05, 0.1) is 5.69 Å². The molecule has 1 heterocycles. The van der Waals surface area contributed by atoms with Gasteiger partial charge in [-0.25, -0.2) is 0 Å². The highest BCUT2D eigenvalue weighted by Gasteiger charge is 2.19. The van der Waals surface area contributed by atoms with E-state index < -0.39 is 0 Å². The van der Waals surface area contributed by atoms with Gasteiger partial charge in [0, 0.05) is 25.9 Å². The molecule has 0 fully saturated rings. The lowest BCUT2D eigenvalue weighted by Crippen LogP contribution is -2.30. The Morgan fingerprint density at radius 2 is 1.95 bits per heavy atom. The maximum absolute atomic E-state index is 5.51. The molecule has 1 unspecified atom stereocenters. The zero-order chi connectivity index (χ0) is 14.7. The van der Waals surface area contributed by atoms with Crippen molar-refractivity contribution < 1.29 is 0 Å². The van der Waals surface area contributed by atoms with Crippen LogP contribution in [0.2, 0.25) is 0 Å². The van der Waals surface area contributed by atoms with E-state index in [1.54, 1.807) is 0 Å². The molecule has 0 saturated carbocycles. The molecule has 0 aliphatic heterocycles. The minimum Gasteiger partial charge on any atom is -0.371 e. The Morgan fingerprint density at radius 1 is 1.30 bits per heavy atom. The molecule has 0 aliphatic carbocycles. The van der Waals surface area contributed by atoms with Crippen LogP contribution in [0.5, 0.6) is 0 Å². The second-order valence-electron chi connectivity index (χ2n) is 5.16. The van der Waals surface area contributed by atoms with Gasteiger partial charge in [-0.1, -0.05) is 49.5 Å². The minimum atomic E-state index is 0.135. The highest BCUT2D eigenvalue weighted by Crippen LogP contribution is 2.24. The van der Waals surface area contributed by atoms with Crippen molar-refractivity contribution in [1.82, 2.24) is 14.7 Å². The first-order valence-corrected chi connectivity index (χ1v) is 7.27. The Morgan fingerprint density at radius 3 is 2.50 bits per heavy atom. The van der Waals surface area contributed by atoms with Gasteiger partial charge in [-0.2, -0.15) is 5.10 Å². The predicted octanol–water partition coefficient (Wildman–Crippen LogP) is 3.70. The van der Waals surface area contributed by atoms with Crippen LogP contribution < -0.4 is 0 Å². The van der Waals surface area contributed by atoms with Crippen LogP contribution in [-0.4, -0.2) is 33.8 Å². The molecule has 0 aliphatic rings. The molecule has 0 N–H and O–H groups in total. The number of nitrogens with zero attached hydrogens (tertiary/aromatic N) is 3. The fourth-order valence-corrected chi connectivity index (χ4v) is 2.57. The number of benzene rings is 1. The summed E-state index contributed by atoms with van der Waals surface area (Å²) >= 11 is 5.51. The molecule has 0 bridgehead atoms. The topological polar surface area (TPSA) is 21.1 Å². The molecule has 20 heavy (non-hydrogen) atoms. The summed E-state index contributed by atoms with van der Waals surface area (Å²) in [5.74, 6) is 0. The van der Waals surface area contributed by atoms with Crippen LogP contribution in [0.15, 0.2) is 36.5 Å². The Bertz CT molecular complexity index is 587. The minimum absolute atomic E-state index is 0.135. The number of hydrogen-bond donors (Lipinski definition) is 0. The summed E-state index contributed by atoms with van der Waals surface area (Å²) in [7, 11) is 3.97. The maximum Gasteiger partial charge on any atom is 0.102 e. The van der Waals surface area contributed by atoms with E-state index in [-0.39, 0.29) is 6.04 Å². The van der Waals surface area contributed by atoms with E-state index in [0.29, 0.717) is 0 Å². The van der Waals surface area contributed by atoms with Crippen molar-refractivity contribution in [3.05, 3.63) is 42.1 Å². The van der Waals surface area contributed by atoms with Gasteiger partial charge in [-0.15, -0.1) is 0 Å².